The van der Waals surface area contributed by atoms with E-state index in [1.165, 1.54) is 12.1 Å². The van der Waals surface area contributed by atoms with Gasteiger partial charge in [0.25, 0.3) is 0 Å². The molecule has 0 atom stereocenters. The summed E-state index contributed by atoms with van der Waals surface area (Å²) >= 11 is 1.77. The number of guanidine groups is 1. The van der Waals surface area contributed by atoms with Crippen LogP contribution in [0.2, 0.25) is 0 Å². The summed E-state index contributed by atoms with van der Waals surface area (Å²) in [6.45, 7) is 7.77. The highest BCUT2D eigenvalue weighted by Gasteiger charge is 2.16. The maximum absolute atomic E-state index is 11.9. The molecular formula is C16H26N4O2S. The lowest BCUT2D eigenvalue weighted by molar-refractivity contribution is -0.114. The largest absolute Gasteiger partial charge is 0.508 e. The number of anilines is 1. The molecule has 128 valence electrons. The SMILES string of the molecule is CCNC(=NCC(=O)Nc1ccc(O)cc1)NCC(C)(C)SC. The minimum absolute atomic E-state index is 0.0237. The van der Waals surface area contributed by atoms with Crippen LogP contribution in [0.5, 0.6) is 5.75 Å². The van der Waals surface area contributed by atoms with Gasteiger partial charge in [0.1, 0.15) is 12.3 Å². The summed E-state index contributed by atoms with van der Waals surface area (Å²) in [5.74, 6) is 0.573. The highest BCUT2D eigenvalue weighted by molar-refractivity contribution is 7.99. The molecule has 23 heavy (non-hydrogen) atoms. The Morgan fingerprint density at radius 3 is 2.48 bits per heavy atom. The predicted octanol–water partition coefficient (Wildman–Crippen LogP) is 2.03. The third-order valence-electron chi connectivity index (χ3n) is 3.11. The van der Waals surface area contributed by atoms with Crippen molar-refractivity contribution in [3.63, 3.8) is 0 Å². The maximum atomic E-state index is 11.9. The lowest BCUT2D eigenvalue weighted by Gasteiger charge is -2.23. The maximum Gasteiger partial charge on any atom is 0.246 e. The molecule has 1 amide bonds. The van der Waals surface area contributed by atoms with Crippen LogP contribution >= 0.6 is 11.8 Å². The molecule has 0 fully saturated rings. The van der Waals surface area contributed by atoms with Crippen LogP contribution in [0.4, 0.5) is 5.69 Å². The van der Waals surface area contributed by atoms with Crippen LogP contribution in [-0.4, -0.2) is 47.6 Å². The number of nitrogens with one attached hydrogen (secondary N) is 3. The third-order valence-corrected chi connectivity index (χ3v) is 4.36. The zero-order valence-electron chi connectivity index (χ0n) is 14.1. The van der Waals surface area contributed by atoms with Crippen LogP contribution in [0.25, 0.3) is 0 Å². The Bertz CT molecular complexity index is 529. The number of amides is 1. The van der Waals surface area contributed by atoms with Gasteiger partial charge < -0.3 is 21.1 Å². The average Bonchev–Trinajstić information content (AvgIpc) is 2.52. The quantitative estimate of drug-likeness (QED) is 0.347. The standard InChI is InChI=1S/C16H26N4O2S/c1-5-17-15(19-11-16(2,3)23-4)18-10-14(22)20-12-6-8-13(21)9-7-12/h6-9,21H,5,10-11H2,1-4H3,(H,20,22)(H2,17,18,19). The second kappa shape index (κ2) is 9.29. The van der Waals surface area contributed by atoms with E-state index in [0.29, 0.717) is 11.6 Å². The number of thioether (sulfide) groups is 1. The Labute approximate surface area is 142 Å². The lowest BCUT2D eigenvalue weighted by atomic mass is 10.2. The van der Waals surface area contributed by atoms with Crippen molar-refractivity contribution in [1.29, 1.82) is 0 Å². The molecule has 0 spiro atoms. The number of carbonyl (C=O) groups excluding carboxylic acids is 1. The molecule has 1 rings (SSSR count). The number of aliphatic imine (C=N–C) groups is 1. The fourth-order valence-electron chi connectivity index (χ4n) is 1.61. The molecule has 0 saturated carbocycles. The number of phenols is 1. The molecule has 0 radical (unpaired) electrons. The lowest BCUT2D eigenvalue weighted by Crippen LogP contribution is -2.43. The number of hydrogen-bond donors (Lipinski definition) is 4. The van der Waals surface area contributed by atoms with Gasteiger partial charge in [0.2, 0.25) is 5.91 Å². The Morgan fingerprint density at radius 2 is 1.91 bits per heavy atom. The molecule has 0 aromatic heterocycles. The monoisotopic (exact) mass is 338 g/mol. The van der Waals surface area contributed by atoms with Gasteiger partial charge in [-0.15, -0.1) is 0 Å². The van der Waals surface area contributed by atoms with E-state index in [9.17, 15) is 9.90 Å². The number of carbonyl (C=O) groups is 1. The minimum atomic E-state index is -0.211. The van der Waals surface area contributed by atoms with E-state index < -0.39 is 0 Å². The van der Waals surface area contributed by atoms with Gasteiger partial charge in [-0.05, 0) is 51.3 Å². The van der Waals surface area contributed by atoms with E-state index in [2.05, 4.69) is 41.0 Å². The first-order valence-electron chi connectivity index (χ1n) is 7.52. The van der Waals surface area contributed by atoms with Gasteiger partial charge in [0, 0.05) is 23.5 Å². The first-order chi connectivity index (χ1) is 10.9. The smallest absolute Gasteiger partial charge is 0.246 e. The number of phenolic OH excluding ortho intramolecular Hbond substituents is 1. The van der Waals surface area contributed by atoms with Crippen molar-refractivity contribution in [2.75, 3.05) is 31.2 Å². The molecule has 0 saturated heterocycles. The number of nitrogens with zero attached hydrogens (tertiary/aromatic N) is 1. The molecule has 4 N–H and O–H groups in total. The molecular weight excluding hydrogens is 312 g/mol. The molecule has 0 aliphatic carbocycles. The highest BCUT2D eigenvalue weighted by Crippen LogP contribution is 2.19. The Kier molecular flexibility index (Phi) is 7.74. The van der Waals surface area contributed by atoms with E-state index in [1.54, 1.807) is 23.9 Å². The fraction of sp³-hybridized carbons (Fsp3) is 0.500. The first kappa shape index (κ1) is 19.2. The van der Waals surface area contributed by atoms with E-state index in [-0.39, 0.29) is 22.9 Å². The molecule has 6 nitrogen and oxygen atoms in total. The fourth-order valence-corrected chi connectivity index (χ4v) is 1.82. The van der Waals surface area contributed by atoms with Crippen LogP contribution < -0.4 is 16.0 Å². The predicted molar refractivity (Wildman–Crippen MR) is 98.3 cm³/mol. The topological polar surface area (TPSA) is 85.8 Å². The average molecular weight is 338 g/mol. The van der Waals surface area contributed by atoms with Crippen molar-refractivity contribution >= 4 is 29.3 Å². The zero-order chi connectivity index (χ0) is 17.3. The second-order valence-electron chi connectivity index (χ2n) is 5.61. The van der Waals surface area contributed by atoms with E-state index in [0.717, 1.165) is 13.1 Å². The van der Waals surface area contributed by atoms with E-state index >= 15 is 0 Å². The van der Waals surface area contributed by atoms with Gasteiger partial charge in [-0.25, -0.2) is 4.99 Å². The summed E-state index contributed by atoms with van der Waals surface area (Å²) in [5.41, 5.74) is 0.629. The molecule has 1 aromatic rings. The van der Waals surface area contributed by atoms with Crippen LogP contribution in [-0.2, 0) is 4.79 Å². The Hall–Kier alpha value is -1.89. The molecule has 0 aliphatic rings. The van der Waals surface area contributed by atoms with Crippen molar-refractivity contribution in [3.8, 4) is 5.75 Å². The van der Waals surface area contributed by atoms with E-state index in [1.807, 2.05) is 6.92 Å². The molecule has 0 aliphatic heterocycles. The van der Waals surface area contributed by atoms with Crippen molar-refractivity contribution in [2.45, 2.75) is 25.5 Å². The van der Waals surface area contributed by atoms with E-state index in [4.69, 9.17) is 0 Å². The summed E-state index contributed by atoms with van der Waals surface area (Å²) in [7, 11) is 0. The number of aromatic hydroxyl groups is 1. The normalized spacial score (nSPS) is 11.9. The van der Waals surface area contributed by atoms with Crippen LogP contribution in [0.15, 0.2) is 29.3 Å². The Balaban J connectivity index is 2.55. The summed E-state index contributed by atoms with van der Waals surface area (Å²) < 4.78 is 0.0878. The summed E-state index contributed by atoms with van der Waals surface area (Å²) in [6.07, 6.45) is 2.07. The van der Waals surface area contributed by atoms with Gasteiger partial charge >= 0.3 is 0 Å². The van der Waals surface area contributed by atoms with Crippen molar-refractivity contribution in [1.82, 2.24) is 10.6 Å². The number of benzene rings is 1. The molecule has 0 heterocycles. The number of rotatable bonds is 7. The molecule has 7 heteroatoms. The third kappa shape index (κ3) is 7.78. The molecule has 1 aromatic carbocycles. The van der Waals surface area contributed by atoms with Gasteiger partial charge in [-0.1, -0.05) is 0 Å². The minimum Gasteiger partial charge on any atom is -0.508 e. The number of hydrogen-bond acceptors (Lipinski definition) is 4. The van der Waals surface area contributed by atoms with Gasteiger partial charge in [0.15, 0.2) is 5.96 Å². The summed E-state index contributed by atoms with van der Waals surface area (Å²) in [4.78, 5) is 16.2. The van der Waals surface area contributed by atoms with Crippen molar-refractivity contribution in [2.24, 2.45) is 4.99 Å². The van der Waals surface area contributed by atoms with Gasteiger partial charge in [-0.2, -0.15) is 11.8 Å². The Morgan fingerprint density at radius 1 is 1.26 bits per heavy atom. The van der Waals surface area contributed by atoms with Gasteiger partial charge in [0.05, 0.1) is 0 Å². The second-order valence-corrected chi connectivity index (χ2v) is 7.12. The van der Waals surface area contributed by atoms with Crippen LogP contribution in [0.1, 0.15) is 20.8 Å². The first-order valence-corrected chi connectivity index (χ1v) is 8.75. The molecule has 0 unspecified atom stereocenters. The highest BCUT2D eigenvalue weighted by atomic mass is 32.2. The zero-order valence-corrected chi connectivity index (χ0v) is 15.0. The molecule has 0 bridgehead atoms. The van der Waals surface area contributed by atoms with Crippen molar-refractivity contribution in [3.05, 3.63) is 24.3 Å². The summed E-state index contributed by atoms with van der Waals surface area (Å²) in [5, 5.41) is 18.3. The summed E-state index contributed by atoms with van der Waals surface area (Å²) in [6, 6.07) is 6.33. The van der Waals surface area contributed by atoms with Gasteiger partial charge in [-0.3, -0.25) is 4.79 Å². The van der Waals surface area contributed by atoms with Crippen LogP contribution in [0.3, 0.4) is 0 Å². The van der Waals surface area contributed by atoms with Crippen molar-refractivity contribution < 1.29 is 9.90 Å². The van der Waals surface area contributed by atoms with Crippen LogP contribution in [0, 0.1) is 0 Å².